The molecule has 0 atom stereocenters. The van der Waals surface area contributed by atoms with Crippen LogP contribution in [0.3, 0.4) is 0 Å². The number of carbonyl (C=O) groups is 1. The van der Waals surface area contributed by atoms with Crippen LogP contribution in [0, 0.1) is 0 Å². The second-order valence-electron chi connectivity index (χ2n) is 5.10. The lowest BCUT2D eigenvalue weighted by Gasteiger charge is -2.10. The highest BCUT2D eigenvalue weighted by Gasteiger charge is 2.32. The number of rotatable bonds is 3. The highest BCUT2D eigenvalue weighted by Crippen LogP contribution is 2.26. The summed E-state index contributed by atoms with van der Waals surface area (Å²) >= 11 is 0. The molecule has 0 radical (unpaired) electrons. The summed E-state index contributed by atoms with van der Waals surface area (Å²) in [4.78, 5) is 15.3. The minimum Gasteiger partial charge on any atom is -0.474 e. The third kappa shape index (κ3) is 2.76. The number of sulfone groups is 1. The number of ether oxygens (including phenoxy) is 1. The molecule has 0 N–H and O–H groups in total. The first kappa shape index (κ1) is 14.0. The smallest absolute Gasteiger partial charge is 0.292 e. The Morgan fingerprint density at radius 2 is 1.76 bits per heavy atom. The van der Waals surface area contributed by atoms with Crippen molar-refractivity contribution in [2.24, 2.45) is 4.99 Å². The maximum Gasteiger partial charge on any atom is 0.292 e. The van der Waals surface area contributed by atoms with E-state index >= 15 is 0 Å². The summed E-state index contributed by atoms with van der Waals surface area (Å²) in [6, 6.07) is 7.86. The average molecular weight is 305 g/mol. The van der Waals surface area contributed by atoms with Gasteiger partial charge in [0, 0.05) is 6.08 Å². The minimum atomic E-state index is -3.84. The molecule has 1 aromatic carbocycles. The van der Waals surface area contributed by atoms with Gasteiger partial charge in [-0.3, -0.25) is 4.79 Å². The van der Waals surface area contributed by atoms with Crippen molar-refractivity contribution in [2.45, 2.75) is 36.7 Å². The topological polar surface area (TPSA) is 72.8 Å². The fourth-order valence-electron chi connectivity index (χ4n) is 2.52. The Labute approximate surface area is 123 Å². The van der Waals surface area contributed by atoms with Crippen LogP contribution >= 0.6 is 0 Å². The van der Waals surface area contributed by atoms with E-state index in [0.717, 1.165) is 25.7 Å². The molecule has 2 aliphatic rings. The lowest BCUT2D eigenvalue weighted by Crippen LogP contribution is -2.12. The van der Waals surface area contributed by atoms with E-state index in [0.29, 0.717) is 0 Å². The number of nitrogens with zero attached hydrogens (tertiary/aromatic N) is 1. The Kier molecular flexibility index (Phi) is 3.63. The van der Waals surface area contributed by atoms with Gasteiger partial charge >= 0.3 is 0 Å². The third-order valence-corrected chi connectivity index (χ3v) is 5.37. The molecule has 1 aliphatic carbocycles. The highest BCUT2D eigenvalue weighted by molar-refractivity contribution is 7.96. The summed E-state index contributed by atoms with van der Waals surface area (Å²) in [6.07, 6.45) is 5.29. The van der Waals surface area contributed by atoms with Gasteiger partial charge in [-0.25, -0.2) is 8.42 Å². The van der Waals surface area contributed by atoms with E-state index in [1.165, 1.54) is 18.2 Å². The molecule has 0 bridgehead atoms. The molecule has 0 unspecified atom stereocenters. The SMILES string of the molecule is O=C1N=C(OC2CCCC2)C=C1S(=O)(=O)c1ccccc1. The number of amides is 1. The van der Waals surface area contributed by atoms with Crippen molar-refractivity contribution < 1.29 is 17.9 Å². The van der Waals surface area contributed by atoms with Crippen LogP contribution in [0.2, 0.25) is 0 Å². The number of carbonyl (C=O) groups excluding carboxylic acids is 1. The fraction of sp³-hybridized carbons (Fsp3) is 0.333. The van der Waals surface area contributed by atoms with Gasteiger partial charge in [-0.2, -0.15) is 4.99 Å². The standard InChI is InChI=1S/C15H15NO4S/c17-15-13(21(18,19)12-8-2-1-3-9-12)10-14(16-15)20-11-6-4-5-7-11/h1-3,8-11H,4-7H2. The number of hydrogen-bond donors (Lipinski definition) is 0. The van der Waals surface area contributed by atoms with E-state index in [-0.39, 0.29) is 21.8 Å². The van der Waals surface area contributed by atoms with E-state index in [1.54, 1.807) is 18.2 Å². The summed E-state index contributed by atoms with van der Waals surface area (Å²) in [7, 11) is -3.84. The van der Waals surface area contributed by atoms with E-state index in [1.807, 2.05) is 0 Å². The molecular weight excluding hydrogens is 290 g/mol. The largest absolute Gasteiger partial charge is 0.474 e. The van der Waals surface area contributed by atoms with Gasteiger partial charge in [0.1, 0.15) is 11.0 Å². The molecule has 0 spiro atoms. The normalized spacial score (nSPS) is 19.5. The molecule has 6 heteroatoms. The van der Waals surface area contributed by atoms with Crippen LogP contribution in [0.5, 0.6) is 0 Å². The molecular formula is C15H15NO4S. The molecule has 5 nitrogen and oxygen atoms in total. The van der Waals surface area contributed by atoms with E-state index < -0.39 is 15.7 Å². The zero-order valence-corrected chi connectivity index (χ0v) is 12.2. The average Bonchev–Trinajstić information content (AvgIpc) is 3.10. The summed E-state index contributed by atoms with van der Waals surface area (Å²) in [5.74, 6) is -0.645. The van der Waals surface area contributed by atoms with Crippen LogP contribution in [0.4, 0.5) is 0 Å². The predicted molar refractivity (Wildman–Crippen MR) is 77.5 cm³/mol. The predicted octanol–water partition coefficient (Wildman–Crippen LogP) is 2.24. The van der Waals surface area contributed by atoms with Crippen LogP contribution in [0.1, 0.15) is 25.7 Å². The molecule has 1 saturated carbocycles. The Bertz CT molecular complexity index is 713. The first-order valence-electron chi connectivity index (χ1n) is 6.89. The summed E-state index contributed by atoms with van der Waals surface area (Å²) in [5.41, 5.74) is 0. The number of hydrogen-bond acceptors (Lipinski definition) is 4. The van der Waals surface area contributed by atoms with Gasteiger partial charge in [0.25, 0.3) is 5.91 Å². The number of benzene rings is 1. The lowest BCUT2D eigenvalue weighted by atomic mass is 10.3. The van der Waals surface area contributed by atoms with Crippen molar-refractivity contribution >= 4 is 21.6 Å². The molecule has 0 aromatic heterocycles. The Morgan fingerprint density at radius 3 is 2.43 bits per heavy atom. The van der Waals surface area contributed by atoms with Gasteiger partial charge in [0.15, 0.2) is 0 Å². The van der Waals surface area contributed by atoms with Crippen LogP contribution in [-0.2, 0) is 19.4 Å². The Hall–Kier alpha value is -1.95. The van der Waals surface area contributed by atoms with Gasteiger partial charge in [-0.1, -0.05) is 18.2 Å². The van der Waals surface area contributed by atoms with E-state index in [4.69, 9.17) is 4.74 Å². The molecule has 1 amide bonds. The summed E-state index contributed by atoms with van der Waals surface area (Å²) < 4.78 is 30.4. The van der Waals surface area contributed by atoms with Gasteiger partial charge in [0.2, 0.25) is 15.7 Å². The zero-order valence-electron chi connectivity index (χ0n) is 11.4. The third-order valence-electron chi connectivity index (χ3n) is 3.61. The molecule has 1 aliphatic heterocycles. The lowest BCUT2D eigenvalue weighted by molar-refractivity contribution is -0.113. The molecule has 0 saturated heterocycles. The quantitative estimate of drug-likeness (QED) is 0.858. The summed E-state index contributed by atoms with van der Waals surface area (Å²) in [6.45, 7) is 0. The fourth-order valence-corrected chi connectivity index (χ4v) is 3.82. The van der Waals surface area contributed by atoms with Crippen molar-refractivity contribution in [3.8, 4) is 0 Å². The molecule has 3 rings (SSSR count). The van der Waals surface area contributed by atoms with Crippen LogP contribution in [0.25, 0.3) is 0 Å². The molecule has 1 aromatic rings. The second-order valence-corrected chi connectivity index (χ2v) is 7.02. The summed E-state index contributed by atoms with van der Waals surface area (Å²) in [5, 5.41) is 0. The maximum absolute atomic E-state index is 12.4. The Balaban J connectivity index is 1.84. The van der Waals surface area contributed by atoms with Crippen molar-refractivity contribution in [1.82, 2.24) is 0 Å². The van der Waals surface area contributed by atoms with Gasteiger partial charge in [0.05, 0.1) is 4.90 Å². The van der Waals surface area contributed by atoms with Crippen LogP contribution in [-0.4, -0.2) is 26.3 Å². The molecule has 21 heavy (non-hydrogen) atoms. The molecule has 1 heterocycles. The monoisotopic (exact) mass is 305 g/mol. The van der Waals surface area contributed by atoms with Crippen molar-refractivity contribution in [2.75, 3.05) is 0 Å². The Morgan fingerprint density at radius 1 is 1.10 bits per heavy atom. The van der Waals surface area contributed by atoms with Gasteiger partial charge in [-0.05, 0) is 37.8 Å². The highest BCUT2D eigenvalue weighted by atomic mass is 32.2. The van der Waals surface area contributed by atoms with Gasteiger partial charge < -0.3 is 4.74 Å². The van der Waals surface area contributed by atoms with Crippen LogP contribution < -0.4 is 0 Å². The van der Waals surface area contributed by atoms with Crippen LogP contribution in [0.15, 0.2) is 51.2 Å². The maximum atomic E-state index is 12.4. The van der Waals surface area contributed by atoms with E-state index in [2.05, 4.69) is 4.99 Å². The van der Waals surface area contributed by atoms with Crippen molar-refractivity contribution in [3.63, 3.8) is 0 Å². The van der Waals surface area contributed by atoms with E-state index in [9.17, 15) is 13.2 Å². The van der Waals surface area contributed by atoms with Crippen molar-refractivity contribution in [1.29, 1.82) is 0 Å². The zero-order chi connectivity index (χ0) is 14.9. The molecule has 110 valence electrons. The van der Waals surface area contributed by atoms with Gasteiger partial charge in [-0.15, -0.1) is 0 Å². The van der Waals surface area contributed by atoms with Crippen molar-refractivity contribution in [3.05, 3.63) is 41.3 Å². The number of aliphatic imine (C=N–C) groups is 1. The first-order valence-corrected chi connectivity index (χ1v) is 8.37. The first-order chi connectivity index (χ1) is 10.1. The second kappa shape index (κ2) is 5.44. The minimum absolute atomic E-state index is 0.0339. The molecule has 1 fully saturated rings.